The molecular formula is C12H16N2O2. The van der Waals surface area contributed by atoms with Gasteiger partial charge in [0.15, 0.2) is 5.78 Å². The van der Waals surface area contributed by atoms with Gasteiger partial charge in [-0.2, -0.15) is 5.10 Å². The molecule has 1 aromatic rings. The predicted molar refractivity (Wildman–Crippen MR) is 59.2 cm³/mol. The minimum Gasteiger partial charge on any atom is -0.300 e. The van der Waals surface area contributed by atoms with Crippen molar-refractivity contribution >= 4 is 11.6 Å². The van der Waals surface area contributed by atoms with Gasteiger partial charge in [0.05, 0.1) is 11.3 Å². The zero-order valence-corrected chi connectivity index (χ0v) is 9.69. The molecule has 1 heterocycles. The third kappa shape index (κ3) is 2.05. The number of nitrogens with zero attached hydrogens (tertiary/aromatic N) is 2. The Morgan fingerprint density at radius 2 is 2.31 bits per heavy atom. The Hall–Kier alpha value is -1.45. The second-order valence-electron chi connectivity index (χ2n) is 4.50. The van der Waals surface area contributed by atoms with Crippen molar-refractivity contribution in [3.8, 4) is 0 Å². The van der Waals surface area contributed by atoms with Crippen LogP contribution in [0, 0.1) is 12.8 Å². The third-order valence-corrected chi connectivity index (χ3v) is 3.13. The molecule has 0 bridgehead atoms. The molecule has 1 aromatic heterocycles. The van der Waals surface area contributed by atoms with Crippen molar-refractivity contribution in [2.24, 2.45) is 13.0 Å². The van der Waals surface area contributed by atoms with Crippen molar-refractivity contribution in [1.82, 2.24) is 9.78 Å². The van der Waals surface area contributed by atoms with Crippen LogP contribution in [0.2, 0.25) is 0 Å². The van der Waals surface area contributed by atoms with Gasteiger partial charge in [0.25, 0.3) is 0 Å². The number of hydrogen-bond donors (Lipinski definition) is 0. The van der Waals surface area contributed by atoms with Gasteiger partial charge in [0.1, 0.15) is 5.78 Å². The molecule has 0 radical (unpaired) electrons. The number of carbonyl (C=O) groups excluding carboxylic acids is 2. The summed E-state index contributed by atoms with van der Waals surface area (Å²) in [4.78, 5) is 23.5. The molecule has 4 heteroatoms. The SMILES string of the molecule is Cc1nn(C)cc1C(=O)C1CCCC(=O)C1. The fourth-order valence-corrected chi connectivity index (χ4v) is 2.31. The molecular weight excluding hydrogens is 204 g/mol. The van der Waals surface area contributed by atoms with E-state index in [1.807, 2.05) is 6.92 Å². The smallest absolute Gasteiger partial charge is 0.169 e. The number of hydrogen-bond acceptors (Lipinski definition) is 3. The molecule has 0 aromatic carbocycles. The molecule has 1 aliphatic carbocycles. The molecule has 0 amide bonds. The number of aryl methyl sites for hydroxylation is 2. The van der Waals surface area contributed by atoms with E-state index >= 15 is 0 Å². The fourth-order valence-electron chi connectivity index (χ4n) is 2.31. The largest absolute Gasteiger partial charge is 0.300 e. The van der Waals surface area contributed by atoms with Crippen LogP contribution >= 0.6 is 0 Å². The van der Waals surface area contributed by atoms with Gasteiger partial charge in [-0.15, -0.1) is 0 Å². The average molecular weight is 220 g/mol. The lowest BCUT2D eigenvalue weighted by molar-refractivity contribution is -0.121. The Morgan fingerprint density at radius 3 is 2.88 bits per heavy atom. The van der Waals surface area contributed by atoms with Gasteiger partial charge in [-0.1, -0.05) is 0 Å². The van der Waals surface area contributed by atoms with E-state index in [2.05, 4.69) is 5.10 Å². The highest BCUT2D eigenvalue weighted by atomic mass is 16.1. The first-order valence-corrected chi connectivity index (χ1v) is 5.64. The molecule has 1 unspecified atom stereocenters. The molecule has 16 heavy (non-hydrogen) atoms. The molecule has 0 N–H and O–H groups in total. The lowest BCUT2D eigenvalue weighted by Crippen LogP contribution is -2.23. The van der Waals surface area contributed by atoms with Crippen LogP contribution in [0.5, 0.6) is 0 Å². The Morgan fingerprint density at radius 1 is 1.56 bits per heavy atom. The summed E-state index contributed by atoms with van der Waals surface area (Å²) in [6.07, 6.45) is 4.47. The van der Waals surface area contributed by atoms with E-state index in [1.54, 1.807) is 17.9 Å². The van der Waals surface area contributed by atoms with Crippen LogP contribution in [-0.4, -0.2) is 21.3 Å². The maximum absolute atomic E-state index is 12.2. The van der Waals surface area contributed by atoms with Gasteiger partial charge in [-0.3, -0.25) is 14.3 Å². The van der Waals surface area contributed by atoms with Crippen molar-refractivity contribution in [3.05, 3.63) is 17.5 Å². The first kappa shape index (κ1) is 11.0. The lowest BCUT2D eigenvalue weighted by Gasteiger charge is -2.18. The van der Waals surface area contributed by atoms with Gasteiger partial charge in [0, 0.05) is 32.0 Å². The summed E-state index contributed by atoms with van der Waals surface area (Å²) in [5, 5.41) is 4.16. The predicted octanol–water partition coefficient (Wildman–Crippen LogP) is 1.67. The van der Waals surface area contributed by atoms with Crippen LogP contribution in [0.15, 0.2) is 6.20 Å². The number of ketones is 2. The molecule has 0 saturated heterocycles. The zero-order chi connectivity index (χ0) is 11.7. The Bertz CT molecular complexity index is 434. The van der Waals surface area contributed by atoms with E-state index < -0.39 is 0 Å². The van der Waals surface area contributed by atoms with Crippen LogP contribution in [0.1, 0.15) is 41.7 Å². The molecule has 4 nitrogen and oxygen atoms in total. The van der Waals surface area contributed by atoms with Crippen LogP contribution < -0.4 is 0 Å². The Kier molecular flexibility index (Phi) is 2.90. The Balaban J connectivity index is 2.18. The zero-order valence-electron chi connectivity index (χ0n) is 9.69. The van der Waals surface area contributed by atoms with E-state index in [1.165, 1.54) is 0 Å². The van der Waals surface area contributed by atoms with Gasteiger partial charge < -0.3 is 0 Å². The van der Waals surface area contributed by atoms with Crippen LogP contribution in [0.3, 0.4) is 0 Å². The number of carbonyl (C=O) groups is 2. The maximum Gasteiger partial charge on any atom is 0.169 e. The monoisotopic (exact) mass is 220 g/mol. The first-order valence-electron chi connectivity index (χ1n) is 5.64. The van der Waals surface area contributed by atoms with E-state index in [-0.39, 0.29) is 17.5 Å². The topological polar surface area (TPSA) is 52.0 Å². The van der Waals surface area contributed by atoms with Crippen molar-refractivity contribution in [2.45, 2.75) is 32.6 Å². The minimum absolute atomic E-state index is 0.0821. The van der Waals surface area contributed by atoms with E-state index in [9.17, 15) is 9.59 Å². The van der Waals surface area contributed by atoms with Crippen LogP contribution in [0.4, 0.5) is 0 Å². The second-order valence-corrected chi connectivity index (χ2v) is 4.50. The van der Waals surface area contributed by atoms with Crippen molar-refractivity contribution in [3.63, 3.8) is 0 Å². The molecule has 1 saturated carbocycles. The van der Waals surface area contributed by atoms with Gasteiger partial charge >= 0.3 is 0 Å². The first-order chi connectivity index (χ1) is 7.58. The number of aromatic nitrogens is 2. The highest BCUT2D eigenvalue weighted by Gasteiger charge is 2.28. The van der Waals surface area contributed by atoms with Gasteiger partial charge in [-0.05, 0) is 19.8 Å². The summed E-state index contributed by atoms with van der Waals surface area (Å²) in [7, 11) is 1.80. The summed E-state index contributed by atoms with van der Waals surface area (Å²) in [5.41, 5.74) is 1.42. The lowest BCUT2D eigenvalue weighted by atomic mass is 9.83. The van der Waals surface area contributed by atoms with Crippen LogP contribution in [-0.2, 0) is 11.8 Å². The molecule has 0 spiro atoms. The van der Waals surface area contributed by atoms with Gasteiger partial charge in [0.2, 0.25) is 0 Å². The normalized spacial score (nSPS) is 21.1. The van der Waals surface area contributed by atoms with Crippen LogP contribution in [0.25, 0.3) is 0 Å². The van der Waals surface area contributed by atoms with Crippen molar-refractivity contribution < 1.29 is 9.59 Å². The van der Waals surface area contributed by atoms with E-state index in [4.69, 9.17) is 0 Å². The van der Waals surface area contributed by atoms with E-state index in [0.717, 1.165) is 18.5 Å². The number of rotatable bonds is 2. The standard InChI is InChI=1S/C12H16N2O2/c1-8-11(7-14(2)13-8)12(16)9-4-3-5-10(15)6-9/h7,9H,3-6H2,1-2H3. The average Bonchev–Trinajstić information content (AvgIpc) is 2.57. The maximum atomic E-state index is 12.2. The van der Waals surface area contributed by atoms with Crippen molar-refractivity contribution in [1.29, 1.82) is 0 Å². The van der Waals surface area contributed by atoms with E-state index in [0.29, 0.717) is 18.4 Å². The summed E-state index contributed by atoms with van der Waals surface area (Å²) in [6, 6.07) is 0. The highest BCUT2D eigenvalue weighted by molar-refractivity contribution is 6.01. The molecule has 86 valence electrons. The molecule has 2 rings (SSSR count). The summed E-state index contributed by atoms with van der Waals surface area (Å²) in [5.74, 6) is 0.175. The number of Topliss-reactive ketones (excluding diaryl/α,β-unsaturated/α-hetero) is 2. The molecule has 0 aliphatic heterocycles. The Labute approximate surface area is 94.6 Å². The van der Waals surface area contributed by atoms with Gasteiger partial charge in [-0.25, -0.2) is 0 Å². The summed E-state index contributed by atoms with van der Waals surface area (Å²) < 4.78 is 1.65. The fraction of sp³-hybridized carbons (Fsp3) is 0.583. The van der Waals surface area contributed by atoms with Crippen molar-refractivity contribution in [2.75, 3.05) is 0 Å². The second kappa shape index (κ2) is 4.20. The highest BCUT2D eigenvalue weighted by Crippen LogP contribution is 2.25. The third-order valence-electron chi connectivity index (χ3n) is 3.13. The molecule has 1 atom stereocenters. The molecule has 1 aliphatic rings. The summed E-state index contributed by atoms with van der Waals surface area (Å²) >= 11 is 0. The summed E-state index contributed by atoms with van der Waals surface area (Å²) in [6.45, 7) is 1.83. The quantitative estimate of drug-likeness (QED) is 0.712. The minimum atomic E-state index is -0.121. The molecule has 1 fully saturated rings.